The monoisotopic (exact) mass is 579 g/mol. The van der Waals surface area contributed by atoms with Crippen LogP contribution in [0.3, 0.4) is 0 Å². The van der Waals surface area contributed by atoms with Gasteiger partial charge in [-0.3, -0.25) is 19.2 Å². The summed E-state index contributed by atoms with van der Waals surface area (Å²) in [4.78, 5) is 31.2. The maximum Gasteiger partial charge on any atom is 0.269 e. The van der Waals surface area contributed by atoms with E-state index < -0.39 is 5.60 Å². The second kappa shape index (κ2) is 10.9. The van der Waals surface area contributed by atoms with E-state index in [1.165, 1.54) is 0 Å². The molecule has 3 atom stereocenters. The third-order valence-corrected chi connectivity index (χ3v) is 8.68. The van der Waals surface area contributed by atoms with Gasteiger partial charge in [-0.15, -0.1) is 5.10 Å². The van der Waals surface area contributed by atoms with Gasteiger partial charge in [0.1, 0.15) is 5.75 Å². The highest BCUT2D eigenvalue weighted by atomic mass is 16.5. The summed E-state index contributed by atoms with van der Waals surface area (Å²) in [6.45, 7) is 3.04. The Hall–Kier alpha value is -4.54. The highest BCUT2D eigenvalue weighted by Crippen LogP contribution is 2.55. The average Bonchev–Trinajstić information content (AvgIpc) is 3.68. The molecule has 3 aliphatic heterocycles. The van der Waals surface area contributed by atoms with Crippen molar-refractivity contribution in [3.05, 3.63) is 95.8 Å². The van der Waals surface area contributed by atoms with Crippen LogP contribution in [0.25, 0.3) is 0 Å². The first-order valence-corrected chi connectivity index (χ1v) is 14.7. The fraction of sp³-hybridized carbons (Fsp3) is 0.333. The predicted octanol–water partition coefficient (Wildman–Crippen LogP) is 4.13. The van der Waals surface area contributed by atoms with Crippen LogP contribution in [0.5, 0.6) is 5.75 Å². The zero-order chi connectivity index (χ0) is 29.6. The number of nitrogens with zero attached hydrogens (tertiary/aromatic N) is 5. The topological polar surface area (TPSA) is 110 Å². The molecule has 0 radical (unpaired) electrons. The summed E-state index contributed by atoms with van der Waals surface area (Å²) >= 11 is 0. The molecule has 1 spiro atoms. The summed E-state index contributed by atoms with van der Waals surface area (Å²) in [5.74, 6) is 0.274. The summed E-state index contributed by atoms with van der Waals surface area (Å²) in [5.41, 5.74) is 3.50. The van der Waals surface area contributed by atoms with E-state index in [2.05, 4.69) is 17.2 Å². The molecule has 1 fully saturated rings. The van der Waals surface area contributed by atoms with Gasteiger partial charge in [-0.2, -0.15) is 0 Å². The van der Waals surface area contributed by atoms with Crippen molar-refractivity contribution in [3.63, 3.8) is 0 Å². The molecule has 3 aromatic carbocycles. The molecule has 10 heteroatoms. The lowest BCUT2D eigenvalue weighted by atomic mass is 9.82. The van der Waals surface area contributed by atoms with Crippen molar-refractivity contribution >= 4 is 28.9 Å². The van der Waals surface area contributed by atoms with Crippen LogP contribution in [0.1, 0.15) is 36.6 Å². The van der Waals surface area contributed by atoms with Crippen LogP contribution in [-0.2, 0) is 39.4 Å². The van der Waals surface area contributed by atoms with Crippen molar-refractivity contribution in [1.82, 2.24) is 15.0 Å². The molecule has 0 saturated carbocycles. The van der Waals surface area contributed by atoms with E-state index in [0.717, 1.165) is 22.5 Å². The highest BCUT2D eigenvalue weighted by Gasteiger charge is 2.60. The van der Waals surface area contributed by atoms with Gasteiger partial charge in [-0.05, 0) is 48.7 Å². The number of anilines is 3. The molecule has 4 aromatic rings. The molecular weight excluding hydrogens is 546 g/mol. The molecule has 4 heterocycles. The number of carbonyl (C=O) groups excluding carboxylic acids is 2. The van der Waals surface area contributed by atoms with Crippen LogP contribution in [0, 0.1) is 5.92 Å². The van der Waals surface area contributed by atoms with Gasteiger partial charge < -0.3 is 19.5 Å². The Bertz CT molecular complexity index is 1670. The van der Waals surface area contributed by atoms with Crippen molar-refractivity contribution in [3.8, 4) is 5.75 Å². The summed E-state index contributed by atoms with van der Waals surface area (Å²) < 4.78 is 14.3. The Labute approximate surface area is 249 Å². The van der Waals surface area contributed by atoms with Crippen LogP contribution < -0.4 is 14.5 Å². The third kappa shape index (κ3) is 4.67. The molecule has 10 nitrogen and oxygen atoms in total. The molecule has 7 rings (SSSR count). The Morgan fingerprint density at radius 1 is 1.02 bits per heavy atom. The maximum absolute atomic E-state index is 14.5. The second-order valence-electron chi connectivity index (χ2n) is 11.4. The number of hydrogen-bond donors (Lipinski definition) is 1. The minimum absolute atomic E-state index is 0.0229. The van der Waals surface area contributed by atoms with E-state index in [1.54, 1.807) is 9.58 Å². The summed E-state index contributed by atoms with van der Waals surface area (Å²) in [7, 11) is 0. The van der Waals surface area contributed by atoms with Crippen molar-refractivity contribution in [1.29, 1.82) is 0 Å². The molecule has 220 valence electrons. The molecule has 1 saturated heterocycles. The zero-order valence-electron chi connectivity index (χ0n) is 23.9. The molecule has 0 bridgehead atoms. The lowest BCUT2D eigenvalue weighted by molar-refractivity contribution is -0.146. The number of hydrogen-bond acceptors (Lipinski definition) is 7. The van der Waals surface area contributed by atoms with E-state index in [0.29, 0.717) is 49.5 Å². The van der Waals surface area contributed by atoms with Gasteiger partial charge in [0.25, 0.3) is 11.8 Å². The zero-order valence-corrected chi connectivity index (χ0v) is 23.9. The predicted molar refractivity (Wildman–Crippen MR) is 159 cm³/mol. The van der Waals surface area contributed by atoms with Gasteiger partial charge in [0, 0.05) is 42.9 Å². The average molecular weight is 580 g/mol. The van der Waals surface area contributed by atoms with Crippen molar-refractivity contribution in [2.45, 2.75) is 51.0 Å². The Kier molecular flexibility index (Phi) is 6.95. The first-order chi connectivity index (χ1) is 21.0. The molecule has 43 heavy (non-hydrogen) atoms. The number of ether oxygens (including phenoxy) is 2. The summed E-state index contributed by atoms with van der Waals surface area (Å²) in [6, 6.07) is 23.2. The van der Waals surface area contributed by atoms with Gasteiger partial charge in [-0.25, -0.2) is 0 Å². The van der Waals surface area contributed by atoms with E-state index in [-0.39, 0.29) is 37.0 Å². The van der Waals surface area contributed by atoms with Gasteiger partial charge in [-0.1, -0.05) is 54.6 Å². The number of aliphatic hydroxyl groups excluding tert-OH is 1. The Morgan fingerprint density at radius 2 is 1.84 bits per heavy atom. The smallest absolute Gasteiger partial charge is 0.269 e. The molecule has 0 aliphatic carbocycles. The molecular formula is C33H33N5O5. The van der Waals surface area contributed by atoms with Crippen LogP contribution in [0.4, 0.5) is 17.1 Å². The normalized spacial score (nSPS) is 22.7. The summed E-state index contributed by atoms with van der Waals surface area (Å²) in [6.07, 6.45) is 3.48. The molecule has 0 unspecified atom stereocenters. The Morgan fingerprint density at radius 3 is 2.67 bits per heavy atom. The van der Waals surface area contributed by atoms with Crippen LogP contribution >= 0.6 is 0 Å². The third-order valence-electron chi connectivity index (χ3n) is 8.68. The number of para-hydroxylation sites is 2. The number of aliphatic hydroxyl groups is 1. The van der Waals surface area contributed by atoms with Crippen LogP contribution in [-0.4, -0.2) is 51.2 Å². The largest absolute Gasteiger partial charge is 0.482 e. The van der Waals surface area contributed by atoms with Gasteiger partial charge in [0.2, 0.25) is 0 Å². The minimum atomic E-state index is -1.18. The van der Waals surface area contributed by atoms with Crippen LogP contribution in [0.2, 0.25) is 0 Å². The van der Waals surface area contributed by atoms with Gasteiger partial charge >= 0.3 is 0 Å². The molecule has 1 aromatic heterocycles. The van der Waals surface area contributed by atoms with Crippen molar-refractivity contribution in [2.24, 2.45) is 5.92 Å². The molecule has 2 amide bonds. The molecule has 3 aliphatic rings. The number of amides is 2. The quantitative estimate of drug-likeness (QED) is 0.334. The fourth-order valence-corrected chi connectivity index (χ4v) is 6.64. The SMILES string of the molecule is C[C@@H]1C[C@H](CCn2cc(CCO)nn2)O[C@@]12C(=O)N(Cc1ccccc1)c1ccc(N3C(=O)COc4ccccc43)cc12. The van der Waals surface area contributed by atoms with Crippen molar-refractivity contribution in [2.75, 3.05) is 23.0 Å². The first kappa shape index (κ1) is 27.3. The van der Waals surface area contributed by atoms with Gasteiger partial charge in [0.05, 0.1) is 29.7 Å². The molecule has 1 N–H and O–H groups in total. The number of aryl methyl sites for hydroxylation is 1. The summed E-state index contributed by atoms with van der Waals surface area (Å²) in [5, 5.41) is 17.5. The van der Waals surface area contributed by atoms with E-state index in [4.69, 9.17) is 9.47 Å². The van der Waals surface area contributed by atoms with Crippen molar-refractivity contribution < 1.29 is 24.2 Å². The minimum Gasteiger partial charge on any atom is -0.482 e. The highest BCUT2D eigenvalue weighted by molar-refractivity contribution is 6.09. The number of aromatic nitrogens is 3. The van der Waals surface area contributed by atoms with Crippen LogP contribution in [0.15, 0.2) is 79.0 Å². The lowest BCUT2D eigenvalue weighted by Crippen LogP contribution is -2.43. The Balaban J connectivity index is 1.25. The van der Waals surface area contributed by atoms with Gasteiger partial charge in [0.15, 0.2) is 12.2 Å². The number of benzene rings is 3. The maximum atomic E-state index is 14.5. The lowest BCUT2D eigenvalue weighted by Gasteiger charge is -2.31. The van der Waals surface area contributed by atoms with E-state index >= 15 is 0 Å². The fourth-order valence-electron chi connectivity index (χ4n) is 6.64. The number of carbonyl (C=O) groups is 2. The van der Waals surface area contributed by atoms with E-state index in [9.17, 15) is 14.7 Å². The standard InChI is InChI=1S/C33H33N5O5/c1-22-17-26(13-15-36-20-24(14-16-39)34-35-36)43-33(22)27-18-25(38-29-9-5-6-10-30(29)42-21-31(38)40)11-12-28(27)37(32(33)41)19-23-7-3-2-4-8-23/h2-12,18,20,22,26,39H,13-17,19,21H2,1H3/t22-,26+,33+/m1/s1. The van der Waals surface area contributed by atoms with E-state index in [1.807, 2.05) is 83.9 Å². The second-order valence-corrected chi connectivity index (χ2v) is 11.4. The number of rotatable bonds is 8. The first-order valence-electron chi connectivity index (χ1n) is 14.7. The number of fused-ring (bicyclic) bond motifs is 3.